The van der Waals surface area contributed by atoms with Crippen molar-refractivity contribution in [2.75, 3.05) is 7.11 Å². The zero-order valence-electron chi connectivity index (χ0n) is 16.7. The van der Waals surface area contributed by atoms with Gasteiger partial charge in [0.2, 0.25) is 0 Å². The van der Waals surface area contributed by atoms with E-state index in [0.717, 1.165) is 33.4 Å². The molecule has 0 unspecified atom stereocenters. The molecule has 0 bridgehead atoms. The van der Waals surface area contributed by atoms with Crippen molar-refractivity contribution >= 4 is 34.4 Å². The Morgan fingerprint density at radius 1 is 0.867 bits per heavy atom. The van der Waals surface area contributed by atoms with Gasteiger partial charge in [-0.25, -0.2) is 0 Å². The van der Waals surface area contributed by atoms with Crippen molar-refractivity contribution in [3.05, 3.63) is 114 Å². The van der Waals surface area contributed by atoms with Crippen molar-refractivity contribution in [2.45, 2.75) is 10.6 Å². The minimum absolute atomic E-state index is 0.0107. The summed E-state index contributed by atoms with van der Waals surface area (Å²) < 4.78 is 5.58. The highest BCUT2D eigenvalue weighted by atomic mass is 32.2. The van der Waals surface area contributed by atoms with E-state index < -0.39 is 0 Å². The average molecular weight is 411 g/mol. The number of ketones is 1. The van der Waals surface area contributed by atoms with E-state index in [-0.39, 0.29) is 5.78 Å². The van der Waals surface area contributed by atoms with Crippen LogP contribution in [0.1, 0.15) is 21.5 Å². The van der Waals surface area contributed by atoms with E-state index in [1.54, 1.807) is 24.9 Å². The fourth-order valence-corrected chi connectivity index (χ4v) is 4.18. The Hall–Kier alpha value is -3.30. The first kappa shape index (κ1) is 20.0. The number of hydrogen-bond acceptors (Lipinski definition) is 3. The van der Waals surface area contributed by atoms with E-state index in [9.17, 15) is 4.79 Å². The summed E-state index contributed by atoms with van der Waals surface area (Å²) in [7, 11) is 1.68. The van der Waals surface area contributed by atoms with Crippen molar-refractivity contribution in [2.24, 2.45) is 0 Å². The van der Waals surface area contributed by atoms with Crippen LogP contribution in [0.4, 0.5) is 0 Å². The fourth-order valence-electron chi connectivity index (χ4n) is 3.27. The Kier molecular flexibility index (Phi) is 6.31. The highest BCUT2D eigenvalue weighted by Crippen LogP contribution is 2.29. The van der Waals surface area contributed by atoms with Gasteiger partial charge >= 0.3 is 0 Å². The Morgan fingerprint density at radius 3 is 2.43 bits per heavy atom. The van der Waals surface area contributed by atoms with Gasteiger partial charge < -0.3 is 4.74 Å². The molecule has 4 aromatic rings. The van der Waals surface area contributed by atoms with Crippen LogP contribution in [0.25, 0.3) is 16.8 Å². The van der Waals surface area contributed by atoms with Crippen molar-refractivity contribution in [1.29, 1.82) is 0 Å². The molecule has 0 fully saturated rings. The predicted octanol–water partition coefficient (Wildman–Crippen LogP) is 7.04. The van der Waals surface area contributed by atoms with E-state index in [1.165, 1.54) is 4.90 Å². The first-order chi connectivity index (χ1) is 14.7. The molecule has 0 saturated heterocycles. The molecular weight excluding hydrogens is 388 g/mol. The van der Waals surface area contributed by atoms with Gasteiger partial charge in [-0.1, -0.05) is 72.8 Å². The minimum Gasteiger partial charge on any atom is -0.496 e. The number of carbonyl (C=O) groups excluding carboxylic acids is 1. The number of rotatable bonds is 7. The zero-order chi connectivity index (χ0) is 20.8. The monoisotopic (exact) mass is 410 g/mol. The number of hydrogen-bond donors (Lipinski definition) is 0. The van der Waals surface area contributed by atoms with Gasteiger partial charge in [0.25, 0.3) is 0 Å². The number of allylic oxidation sites excluding steroid dienone is 1. The smallest absolute Gasteiger partial charge is 0.185 e. The third kappa shape index (κ3) is 4.81. The molecule has 0 radical (unpaired) electrons. The second-order valence-corrected chi connectivity index (χ2v) is 7.98. The molecule has 148 valence electrons. The van der Waals surface area contributed by atoms with Gasteiger partial charge in [0, 0.05) is 21.8 Å². The summed E-state index contributed by atoms with van der Waals surface area (Å²) in [5.74, 6) is 1.65. The Labute approximate surface area is 181 Å². The van der Waals surface area contributed by atoms with Gasteiger partial charge in [-0.3, -0.25) is 4.79 Å². The SMILES string of the molecule is COc1cc(/C=C/C(=O)c2ccc3ccccc3c2)ccc1CSc1ccccc1. The molecule has 0 aliphatic rings. The number of methoxy groups -OCH3 is 1. The summed E-state index contributed by atoms with van der Waals surface area (Å²) in [5, 5.41) is 2.20. The number of carbonyl (C=O) groups is 1. The second-order valence-electron chi connectivity index (χ2n) is 6.93. The summed E-state index contributed by atoms with van der Waals surface area (Å²) >= 11 is 1.77. The molecule has 0 aliphatic heterocycles. The van der Waals surface area contributed by atoms with Crippen molar-refractivity contribution in [3.63, 3.8) is 0 Å². The van der Waals surface area contributed by atoms with Gasteiger partial charge in [-0.05, 0) is 46.7 Å². The summed E-state index contributed by atoms with van der Waals surface area (Å²) in [4.78, 5) is 13.8. The van der Waals surface area contributed by atoms with Crippen LogP contribution in [-0.2, 0) is 5.75 Å². The normalized spacial score (nSPS) is 11.1. The zero-order valence-corrected chi connectivity index (χ0v) is 17.6. The van der Waals surface area contributed by atoms with Crippen LogP contribution >= 0.6 is 11.8 Å². The lowest BCUT2D eigenvalue weighted by molar-refractivity contribution is 0.104. The lowest BCUT2D eigenvalue weighted by Gasteiger charge is -2.09. The lowest BCUT2D eigenvalue weighted by atomic mass is 10.0. The fraction of sp³-hybridized carbons (Fsp3) is 0.0741. The second kappa shape index (κ2) is 9.47. The molecule has 30 heavy (non-hydrogen) atoms. The van der Waals surface area contributed by atoms with Crippen LogP contribution < -0.4 is 4.74 Å². The number of thioether (sulfide) groups is 1. The maximum atomic E-state index is 12.6. The maximum Gasteiger partial charge on any atom is 0.185 e. The molecule has 4 aromatic carbocycles. The van der Waals surface area contributed by atoms with Crippen LogP contribution in [-0.4, -0.2) is 12.9 Å². The number of ether oxygens (including phenoxy) is 1. The van der Waals surface area contributed by atoms with E-state index in [4.69, 9.17) is 4.74 Å². The predicted molar refractivity (Wildman–Crippen MR) is 126 cm³/mol. The largest absolute Gasteiger partial charge is 0.496 e. The Balaban J connectivity index is 1.47. The third-order valence-corrected chi connectivity index (χ3v) is 5.97. The Bertz CT molecular complexity index is 1200. The van der Waals surface area contributed by atoms with Crippen molar-refractivity contribution in [1.82, 2.24) is 0 Å². The molecule has 0 spiro atoms. The average Bonchev–Trinajstić information content (AvgIpc) is 2.81. The standard InChI is InChI=1S/C27H22O2S/c1-29-27-17-20(11-13-24(27)19-30-25-9-3-2-4-10-25)12-16-26(28)23-15-14-21-7-5-6-8-22(21)18-23/h2-18H,19H2,1H3/b16-12+. The molecule has 0 aliphatic carbocycles. The molecule has 2 nitrogen and oxygen atoms in total. The molecule has 0 atom stereocenters. The van der Waals surface area contributed by atoms with E-state index in [1.807, 2.05) is 78.9 Å². The van der Waals surface area contributed by atoms with Crippen molar-refractivity contribution in [3.8, 4) is 5.75 Å². The summed E-state index contributed by atoms with van der Waals surface area (Å²) in [6, 6.07) is 30.2. The van der Waals surface area contributed by atoms with Gasteiger partial charge in [-0.15, -0.1) is 11.8 Å². The molecule has 0 heterocycles. The van der Waals surface area contributed by atoms with Crippen LogP contribution in [0.3, 0.4) is 0 Å². The minimum atomic E-state index is -0.0107. The van der Waals surface area contributed by atoms with E-state index in [2.05, 4.69) is 18.2 Å². The molecule has 3 heteroatoms. The topological polar surface area (TPSA) is 26.3 Å². The van der Waals surface area contributed by atoms with Gasteiger partial charge in [0.1, 0.15) is 5.75 Å². The maximum absolute atomic E-state index is 12.6. The Morgan fingerprint density at radius 2 is 1.63 bits per heavy atom. The molecule has 0 N–H and O–H groups in total. The number of fused-ring (bicyclic) bond motifs is 1. The molecular formula is C27H22O2S. The number of benzene rings is 4. The quantitative estimate of drug-likeness (QED) is 0.186. The molecule has 0 aromatic heterocycles. The van der Waals surface area contributed by atoms with Crippen LogP contribution in [0, 0.1) is 0 Å². The summed E-state index contributed by atoms with van der Waals surface area (Å²) in [5.41, 5.74) is 2.76. The molecule has 0 amide bonds. The molecule has 0 saturated carbocycles. The van der Waals surface area contributed by atoms with Gasteiger partial charge in [0.05, 0.1) is 7.11 Å². The van der Waals surface area contributed by atoms with Crippen LogP contribution in [0.15, 0.2) is 102 Å². The summed E-state index contributed by atoms with van der Waals surface area (Å²) in [6.07, 6.45) is 3.46. The lowest BCUT2D eigenvalue weighted by Crippen LogP contribution is -1.94. The van der Waals surface area contributed by atoms with Crippen LogP contribution in [0.2, 0.25) is 0 Å². The summed E-state index contributed by atoms with van der Waals surface area (Å²) in [6.45, 7) is 0. The van der Waals surface area contributed by atoms with Crippen LogP contribution in [0.5, 0.6) is 5.75 Å². The van der Waals surface area contributed by atoms with E-state index >= 15 is 0 Å². The molecule has 4 rings (SSSR count). The highest BCUT2D eigenvalue weighted by Gasteiger charge is 2.06. The highest BCUT2D eigenvalue weighted by molar-refractivity contribution is 7.98. The van der Waals surface area contributed by atoms with E-state index in [0.29, 0.717) is 5.56 Å². The first-order valence-electron chi connectivity index (χ1n) is 9.79. The van der Waals surface area contributed by atoms with Gasteiger partial charge in [-0.2, -0.15) is 0 Å². The van der Waals surface area contributed by atoms with Gasteiger partial charge in [0.15, 0.2) is 5.78 Å². The van der Waals surface area contributed by atoms with Crippen molar-refractivity contribution < 1.29 is 9.53 Å². The third-order valence-electron chi connectivity index (χ3n) is 4.91. The first-order valence-corrected chi connectivity index (χ1v) is 10.8.